The lowest BCUT2D eigenvalue weighted by Gasteiger charge is -2.24. The number of H-pyrrole nitrogens is 1. The molecule has 0 saturated carbocycles. The molecule has 2 aliphatic heterocycles. The van der Waals surface area contributed by atoms with Gasteiger partial charge in [-0.3, -0.25) is 4.90 Å². The van der Waals surface area contributed by atoms with Crippen molar-refractivity contribution in [3.05, 3.63) is 30.5 Å². The largest absolute Gasteiger partial charge is 0.490 e. The van der Waals surface area contributed by atoms with Crippen molar-refractivity contribution in [2.24, 2.45) is 5.41 Å². The van der Waals surface area contributed by atoms with E-state index in [0.29, 0.717) is 18.6 Å². The van der Waals surface area contributed by atoms with Gasteiger partial charge in [-0.2, -0.15) is 0 Å². The van der Waals surface area contributed by atoms with Crippen LogP contribution in [0.2, 0.25) is 0 Å². The molecule has 5 heteroatoms. The third-order valence-electron chi connectivity index (χ3n) is 5.16. The minimum atomic E-state index is -0.471. The lowest BCUT2D eigenvalue weighted by molar-refractivity contribution is 0.0710. The van der Waals surface area contributed by atoms with Crippen LogP contribution in [-0.2, 0) is 4.74 Å². The van der Waals surface area contributed by atoms with Crippen LogP contribution >= 0.6 is 0 Å². The Kier molecular flexibility index (Phi) is 4.01. The quantitative estimate of drug-likeness (QED) is 0.886. The topological polar surface area (TPSA) is 57.7 Å². The second-order valence-corrected chi connectivity index (χ2v) is 6.95. The zero-order valence-electron chi connectivity index (χ0n) is 13.3. The van der Waals surface area contributed by atoms with Crippen molar-refractivity contribution in [3.63, 3.8) is 0 Å². The molecule has 2 saturated heterocycles. The maximum absolute atomic E-state index is 10.3. The molecule has 0 radical (unpaired) electrons. The first-order valence-electron chi connectivity index (χ1n) is 8.41. The molecule has 2 fully saturated rings. The molecule has 2 N–H and O–H groups in total. The van der Waals surface area contributed by atoms with Crippen LogP contribution in [0.1, 0.15) is 12.8 Å². The number of likely N-dealkylation sites (tertiary alicyclic amines) is 1. The minimum absolute atomic E-state index is 0.324. The van der Waals surface area contributed by atoms with E-state index < -0.39 is 6.10 Å². The summed E-state index contributed by atoms with van der Waals surface area (Å²) >= 11 is 0. The van der Waals surface area contributed by atoms with Crippen LogP contribution in [0, 0.1) is 5.41 Å². The average Bonchev–Trinajstić information content (AvgIpc) is 3.28. The lowest BCUT2D eigenvalue weighted by Crippen LogP contribution is -2.36. The number of benzene rings is 1. The second-order valence-electron chi connectivity index (χ2n) is 6.95. The van der Waals surface area contributed by atoms with Crippen molar-refractivity contribution in [2.75, 3.05) is 39.5 Å². The minimum Gasteiger partial charge on any atom is -0.490 e. The smallest absolute Gasteiger partial charge is 0.128 e. The van der Waals surface area contributed by atoms with Crippen molar-refractivity contribution in [1.82, 2.24) is 9.88 Å². The van der Waals surface area contributed by atoms with Gasteiger partial charge in [-0.15, -0.1) is 0 Å². The van der Waals surface area contributed by atoms with E-state index in [2.05, 4.69) is 9.88 Å². The molecule has 0 unspecified atom stereocenters. The highest BCUT2D eigenvalue weighted by atomic mass is 16.5. The number of fused-ring (bicyclic) bond motifs is 1. The fourth-order valence-corrected chi connectivity index (χ4v) is 3.87. The molecule has 23 heavy (non-hydrogen) atoms. The number of rotatable bonds is 5. The Morgan fingerprint density at radius 2 is 2.30 bits per heavy atom. The Bertz CT molecular complexity index is 663. The van der Waals surface area contributed by atoms with Crippen LogP contribution in [-0.4, -0.2) is 60.5 Å². The number of aliphatic hydroxyl groups is 1. The number of aromatic amines is 1. The predicted molar refractivity (Wildman–Crippen MR) is 88.7 cm³/mol. The standard InChI is InChI=1S/C18H24N2O3/c21-14(10-20-8-5-18(12-20)6-9-22-13-18)11-23-17-3-1-2-16-15(17)4-7-19-16/h1-4,7,14,19,21H,5-6,8-13H2/t14-,18+/m0/s1. The summed E-state index contributed by atoms with van der Waals surface area (Å²) in [4.78, 5) is 5.52. The molecule has 1 aromatic heterocycles. The van der Waals surface area contributed by atoms with Gasteiger partial charge in [0.2, 0.25) is 0 Å². The Labute approximate surface area is 136 Å². The van der Waals surface area contributed by atoms with Gasteiger partial charge in [-0.1, -0.05) is 6.07 Å². The number of hydrogen-bond donors (Lipinski definition) is 2. The summed E-state index contributed by atoms with van der Waals surface area (Å²) in [6.07, 6.45) is 3.78. The van der Waals surface area contributed by atoms with Gasteiger partial charge in [0.25, 0.3) is 0 Å². The molecule has 0 bridgehead atoms. The first kappa shape index (κ1) is 15.0. The van der Waals surface area contributed by atoms with Gasteiger partial charge < -0.3 is 19.6 Å². The molecule has 3 heterocycles. The van der Waals surface area contributed by atoms with E-state index in [1.165, 1.54) is 6.42 Å². The van der Waals surface area contributed by atoms with Crippen LogP contribution in [0.3, 0.4) is 0 Å². The van der Waals surface area contributed by atoms with Gasteiger partial charge in [0.15, 0.2) is 0 Å². The molecule has 1 spiro atoms. The molecular weight excluding hydrogens is 292 g/mol. The number of aliphatic hydroxyl groups excluding tert-OH is 1. The first-order chi connectivity index (χ1) is 11.2. The summed E-state index contributed by atoms with van der Waals surface area (Å²) in [6.45, 7) is 4.85. The number of β-amino-alcohol motifs (C(OH)–C–C–N with tert-alkyl or cyclic N) is 1. The van der Waals surface area contributed by atoms with Crippen LogP contribution in [0.25, 0.3) is 10.9 Å². The number of hydrogen-bond acceptors (Lipinski definition) is 4. The van der Waals surface area contributed by atoms with Crippen molar-refractivity contribution < 1.29 is 14.6 Å². The van der Waals surface area contributed by atoms with E-state index in [-0.39, 0.29) is 0 Å². The third-order valence-corrected chi connectivity index (χ3v) is 5.16. The third kappa shape index (κ3) is 3.09. The molecule has 124 valence electrons. The van der Waals surface area contributed by atoms with Crippen molar-refractivity contribution in [1.29, 1.82) is 0 Å². The Morgan fingerprint density at radius 1 is 1.35 bits per heavy atom. The van der Waals surface area contributed by atoms with Gasteiger partial charge in [-0.25, -0.2) is 0 Å². The molecular formula is C18H24N2O3. The summed E-state index contributed by atoms with van der Waals surface area (Å²) in [5.41, 5.74) is 1.40. The fraction of sp³-hybridized carbons (Fsp3) is 0.556. The number of aromatic nitrogens is 1. The SMILES string of the molecule is O[C@H](COc1cccc2[nH]ccc12)CN1CC[C@@]2(CCOC2)C1. The zero-order chi connectivity index (χ0) is 15.7. The summed E-state index contributed by atoms with van der Waals surface area (Å²) in [5.74, 6) is 0.824. The summed E-state index contributed by atoms with van der Waals surface area (Å²) < 4.78 is 11.4. The van der Waals surface area contributed by atoms with Crippen LogP contribution in [0.4, 0.5) is 0 Å². The Hall–Kier alpha value is -1.56. The second kappa shape index (κ2) is 6.15. The number of nitrogens with one attached hydrogen (secondary N) is 1. The van der Waals surface area contributed by atoms with Crippen molar-refractivity contribution >= 4 is 10.9 Å². The molecule has 5 nitrogen and oxygen atoms in total. The van der Waals surface area contributed by atoms with E-state index in [1.54, 1.807) is 0 Å². The maximum Gasteiger partial charge on any atom is 0.128 e. The highest BCUT2D eigenvalue weighted by Crippen LogP contribution is 2.38. The van der Waals surface area contributed by atoms with E-state index >= 15 is 0 Å². The van der Waals surface area contributed by atoms with Gasteiger partial charge >= 0.3 is 0 Å². The highest BCUT2D eigenvalue weighted by Gasteiger charge is 2.41. The van der Waals surface area contributed by atoms with Gasteiger partial charge in [0, 0.05) is 42.2 Å². The molecule has 1 aromatic carbocycles. The highest BCUT2D eigenvalue weighted by molar-refractivity contribution is 5.85. The maximum atomic E-state index is 10.3. The average molecular weight is 316 g/mol. The predicted octanol–water partition coefficient (Wildman–Crippen LogP) is 2.02. The number of ether oxygens (including phenoxy) is 2. The van der Waals surface area contributed by atoms with Gasteiger partial charge in [0.1, 0.15) is 18.5 Å². The molecule has 0 amide bonds. The van der Waals surface area contributed by atoms with Crippen LogP contribution < -0.4 is 4.74 Å². The molecule has 2 aliphatic rings. The molecule has 4 rings (SSSR count). The Balaban J connectivity index is 1.30. The van der Waals surface area contributed by atoms with Gasteiger partial charge in [0.05, 0.1) is 6.61 Å². The van der Waals surface area contributed by atoms with Crippen LogP contribution in [0.5, 0.6) is 5.75 Å². The Morgan fingerprint density at radius 3 is 3.17 bits per heavy atom. The first-order valence-corrected chi connectivity index (χ1v) is 8.41. The van der Waals surface area contributed by atoms with E-state index in [4.69, 9.17) is 9.47 Å². The molecule has 2 aromatic rings. The monoisotopic (exact) mass is 316 g/mol. The van der Waals surface area contributed by atoms with Crippen molar-refractivity contribution in [3.8, 4) is 5.75 Å². The fourth-order valence-electron chi connectivity index (χ4n) is 3.87. The number of nitrogens with zero attached hydrogens (tertiary/aromatic N) is 1. The normalized spacial score (nSPS) is 26.3. The van der Waals surface area contributed by atoms with E-state index in [0.717, 1.165) is 49.4 Å². The lowest BCUT2D eigenvalue weighted by atomic mass is 9.87. The van der Waals surface area contributed by atoms with Gasteiger partial charge in [-0.05, 0) is 37.6 Å². The molecule has 0 aliphatic carbocycles. The summed E-state index contributed by atoms with van der Waals surface area (Å²) in [7, 11) is 0. The van der Waals surface area contributed by atoms with Crippen molar-refractivity contribution in [2.45, 2.75) is 18.9 Å². The summed E-state index contributed by atoms with van der Waals surface area (Å²) in [5, 5.41) is 11.4. The summed E-state index contributed by atoms with van der Waals surface area (Å²) in [6, 6.07) is 7.93. The van der Waals surface area contributed by atoms with Crippen LogP contribution in [0.15, 0.2) is 30.5 Å². The zero-order valence-corrected chi connectivity index (χ0v) is 13.3. The van der Waals surface area contributed by atoms with E-state index in [1.807, 2.05) is 30.5 Å². The molecule has 2 atom stereocenters. The van der Waals surface area contributed by atoms with E-state index in [9.17, 15) is 5.11 Å².